The van der Waals surface area contributed by atoms with Crippen LogP contribution in [0.3, 0.4) is 0 Å². The minimum Gasteiger partial charge on any atom is -0.397 e. The largest absolute Gasteiger partial charge is 0.397 e. The third-order valence-electron chi connectivity index (χ3n) is 2.80. The number of aryl methyl sites for hydroxylation is 1. The molecule has 0 spiro atoms. The smallest absolute Gasteiger partial charge is 0.243 e. The zero-order chi connectivity index (χ0) is 16.4. The van der Waals surface area contributed by atoms with Gasteiger partial charge < -0.3 is 11.1 Å². The normalized spacial score (nSPS) is 12.0. The summed E-state index contributed by atoms with van der Waals surface area (Å²) in [6.07, 6.45) is 0. The molecule has 0 radical (unpaired) electrons. The Morgan fingerprint density at radius 3 is 2.52 bits per heavy atom. The van der Waals surface area contributed by atoms with E-state index in [1.54, 1.807) is 20.8 Å². The van der Waals surface area contributed by atoms with Gasteiger partial charge in [-0.05, 0) is 38.5 Å². The molecule has 0 saturated carbocycles. The molecule has 21 heavy (non-hydrogen) atoms. The van der Waals surface area contributed by atoms with Gasteiger partial charge >= 0.3 is 0 Å². The van der Waals surface area contributed by atoms with Crippen molar-refractivity contribution in [2.75, 3.05) is 19.3 Å². The zero-order valence-electron chi connectivity index (χ0n) is 12.5. The third-order valence-corrected chi connectivity index (χ3v) is 5.07. The molecule has 1 aromatic rings. The number of hydrogen-bond donors (Lipinski definition) is 2. The van der Waals surface area contributed by atoms with Crippen molar-refractivity contribution >= 4 is 33.2 Å². The highest BCUT2D eigenvalue weighted by molar-refractivity contribution is 7.89. The van der Waals surface area contributed by atoms with Crippen LogP contribution in [0.4, 0.5) is 5.69 Å². The number of halogens is 1. The second-order valence-corrected chi connectivity index (χ2v) is 7.54. The average molecular weight is 334 g/mol. The molecule has 0 bridgehead atoms. The van der Waals surface area contributed by atoms with E-state index in [9.17, 15) is 13.2 Å². The molecule has 0 aliphatic carbocycles. The van der Waals surface area contributed by atoms with Gasteiger partial charge in [0.2, 0.25) is 15.9 Å². The van der Waals surface area contributed by atoms with Crippen LogP contribution in [0.25, 0.3) is 0 Å². The molecule has 0 fully saturated rings. The Morgan fingerprint density at radius 1 is 1.43 bits per heavy atom. The van der Waals surface area contributed by atoms with Gasteiger partial charge in [-0.25, -0.2) is 8.42 Å². The summed E-state index contributed by atoms with van der Waals surface area (Å²) in [6, 6.07) is 2.75. The van der Waals surface area contributed by atoms with Crippen molar-refractivity contribution in [3.63, 3.8) is 0 Å². The number of nitrogens with one attached hydrogen (secondary N) is 1. The quantitative estimate of drug-likeness (QED) is 0.796. The van der Waals surface area contributed by atoms with Crippen LogP contribution in [0.5, 0.6) is 0 Å². The van der Waals surface area contributed by atoms with Crippen molar-refractivity contribution in [1.29, 1.82) is 0 Å². The van der Waals surface area contributed by atoms with Gasteiger partial charge in [0.05, 0.1) is 22.2 Å². The molecule has 0 saturated heterocycles. The van der Waals surface area contributed by atoms with Crippen LogP contribution in [0, 0.1) is 6.92 Å². The Bertz CT molecular complexity index is 644. The Labute approximate surface area is 130 Å². The summed E-state index contributed by atoms with van der Waals surface area (Å²) in [5.41, 5.74) is 6.32. The van der Waals surface area contributed by atoms with Crippen LogP contribution >= 0.6 is 11.6 Å². The summed E-state index contributed by atoms with van der Waals surface area (Å²) < 4.78 is 26.0. The lowest BCUT2D eigenvalue weighted by atomic mass is 10.2. The van der Waals surface area contributed by atoms with Gasteiger partial charge in [-0.2, -0.15) is 4.31 Å². The molecule has 0 aliphatic rings. The number of nitrogens with zero attached hydrogens (tertiary/aromatic N) is 1. The molecular weight excluding hydrogens is 314 g/mol. The van der Waals surface area contributed by atoms with Gasteiger partial charge in [0, 0.05) is 13.1 Å². The van der Waals surface area contributed by atoms with E-state index in [1.807, 2.05) is 0 Å². The number of nitrogen functional groups attached to an aromatic ring is 1. The molecule has 0 unspecified atom stereocenters. The lowest BCUT2D eigenvalue weighted by molar-refractivity contribution is -0.121. The number of sulfonamides is 1. The number of hydrogen-bond acceptors (Lipinski definition) is 4. The minimum absolute atomic E-state index is 0.0456. The van der Waals surface area contributed by atoms with Crippen LogP contribution in [0.15, 0.2) is 17.0 Å². The van der Waals surface area contributed by atoms with E-state index in [0.29, 0.717) is 10.6 Å². The molecule has 1 rings (SSSR count). The van der Waals surface area contributed by atoms with E-state index in [2.05, 4.69) is 5.32 Å². The molecule has 6 nitrogen and oxygen atoms in total. The Balaban J connectivity index is 3.06. The van der Waals surface area contributed by atoms with Crippen LogP contribution in [-0.2, 0) is 14.8 Å². The van der Waals surface area contributed by atoms with E-state index in [4.69, 9.17) is 17.3 Å². The van der Waals surface area contributed by atoms with Crippen LogP contribution in [0.1, 0.15) is 19.4 Å². The highest BCUT2D eigenvalue weighted by atomic mass is 35.5. The summed E-state index contributed by atoms with van der Waals surface area (Å²) in [4.78, 5) is 11.7. The topological polar surface area (TPSA) is 92.5 Å². The molecule has 1 aromatic carbocycles. The molecule has 0 heterocycles. The minimum atomic E-state index is -3.81. The lowest BCUT2D eigenvalue weighted by Gasteiger charge is -2.19. The fourth-order valence-corrected chi connectivity index (χ4v) is 3.35. The molecule has 118 valence electrons. The fraction of sp³-hybridized carbons (Fsp3) is 0.462. The van der Waals surface area contributed by atoms with Crippen LogP contribution in [-0.4, -0.2) is 38.3 Å². The predicted octanol–water partition coefficient (Wildman–Crippen LogP) is 1.38. The first-order valence-electron chi connectivity index (χ1n) is 6.37. The van der Waals surface area contributed by atoms with Gasteiger partial charge in [0.1, 0.15) is 0 Å². The summed E-state index contributed by atoms with van der Waals surface area (Å²) in [7, 11) is -2.46. The second-order valence-electron chi connectivity index (χ2n) is 5.12. The average Bonchev–Trinajstić information content (AvgIpc) is 2.32. The first-order chi connectivity index (χ1) is 9.55. The molecular formula is C13H20ClN3O3S. The highest BCUT2D eigenvalue weighted by Crippen LogP contribution is 2.27. The summed E-state index contributed by atoms with van der Waals surface area (Å²) in [6.45, 7) is 4.97. The van der Waals surface area contributed by atoms with Crippen molar-refractivity contribution in [1.82, 2.24) is 9.62 Å². The van der Waals surface area contributed by atoms with E-state index < -0.39 is 10.0 Å². The van der Waals surface area contributed by atoms with Gasteiger partial charge in [-0.3, -0.25) is 4.79 Å². The standard InChI is InChI=1S/C13H20ClN3O3S/c1-8(2)16-13(18)7-17(4)21(19,20)12-6-11(15)10(14)5-9(12)3/h5-6,8H,7,15H2,1-4H3,(H,16,18). The molecule has 0 aromatic heterocycles. The Kier molecular flexibility index (Phi) is 5.61. The van der Waals surface area contributed by atoms with Gasteiger partial charge in [0.25, 0.3) is 0 Å². The number of likely N-dealkylation sites (N-methyl/N-ethyl adjacent to an activating group) is 1. The molecule has 8 heteroatoms. The molecule has 3 N–H and O–H groups in total. The highest BCUT2D eigenvalue weighted by Gasteiger charge is 2.25. The van der Waals surface area contributed by atoms with Crippen molar-refractivity contribution in [3.8, 4) is 0 Å². The number of rotatable bonds is 5. The van der Waals surface area contributed by atoms with E-state index in [-0.39, 0.29) is 29.1 Å². The number of nitrogens with two attached hydrogens (primary N) is 1. The van der Waals surface area contributed by atoms with Gasteiger partial charge in [-0.15, -0.1) is 0 Å². The number of benzene rings is 1. The molecule has 1 amide bonds. The van der Waals surface area contributed by atoms with E-state index >= 15 is 0 Å². The van der Waals surface area contributed by atoms with Gasteiger partial charge in [0.15, 0.2) is 0 Å². The number of anilines is 1. The zero-order valence-corrected chi connectivity index (χ0v) is 14.0. The summed E-state index contributed by atoms with van der Waals surface area (Å²) in [5, 5.41) is 2.94. The molecule has 0 atom stereocenters. The SMILES string of the molecule is Cc1cc(Cl)c(N)cc1S(=O)(=O)N(C)CC(=O)NC(C)C. The maximum atomic E-state index is 12.5. The second kappa shape index (κ2) is 6.64. The summed E-state index contributed by atoms with van der Waals surface area (Å²) >= 11 is 5.86. The summed E-state index contributed by atoms with van der Waals surface area (Å²) in [5.74, 6) is -0.365. The Hall–Kier alpha value is -1.31. The van der Waals surface area contributed by atoms with Gasteiger partial charge in [-0.1, -0.05) is 11.6 Å². The lowest BCUT2D eigenvalue weighted by Crippen LogP contribution is -2.41. The Morgan fingerprint density at radius 2 is 2.00 bits per heavy atom. The van der Waals surface area contributed by atoms with Crippen molar-refractivity contribution in [2.24, 2.45) is 0 Å². The number of carbonyl (C=O) groups is 1. The number of amides is 1. The van der Waals surface area contributed by atoms with E-state index in [1.165, 1.54) is 19.2 Å². The maximum absolute atomic E-state index is 12.5. The van der Waals surface area contributed by atoms with Crippen molar-refractivity contribution in [2.45, 2.75) is 31.7 Å². The molecule has 0 aliphatic heterocycles. The van der Waals surface area contributed by atoms with E-state index in [0.717, 1.165) is 4.31 Å². The fourth-order valence-electron chi connectivity index (χ4n) is 1.77. The van der Waals surface area contributed by atoms with Crippen molar-refractivity contribution < 1.29 is 13.2 Å². The third kappa shape index (κ3) is 4.33. The first kappa shape index (κ1) is 17.7. The van der Waals surface area contributed by atoms with Crippen LogP contribution in [0.2, 0.25) is 5.02 Å². The monoisotopic (exact) mass is 333 g/mol. The van der Waals surface area contributed by atoms with Crippen LogP contribution < -0.4 is 11.1 Å². The van der Waals surface area contributed by atoms with Crippen molar-refractivity contribution in [3.05, 3.63) is 22.7 Å². The maximum Gasteiger partial charge on any atom is 0.243 e. The number of carbonyl (C=O) groups excluding carboxylic acids is 1. The predicted molar refractivity (Wildman–Crippen MR) is 83.7 cm³/mol. The first-order valence-corrected chi connectivity index (χ1v) is 8.18.